The van der Waals surface area contributed by atoms with Crippen LogP contribution in [0.4, 0.5) is 0 Å². The summed E-state index contributed by atoms with van der Waals surface area (Å²) < 4.78 is 1.91. The van der Waals surface area contributed by atoms with Crippen molar-refractivity contribution in [3.8, 4) is 5.69 Å². The normalized spacial score (nSPS) is 18.5. The van der Waals surface area contributed by atoms with Crippen molar-refractivity contribution >= 4 is 11.8 Å². The van der Waals surface area contributed by atoms with Gasteiger partial charge in [-0.2, -0.15) is 0 Å². The number of carbonyl (C=O) groups is 2. The fraction of sp³-hybridized carbons (Fsp3) is 0.500. The predicted molar refractivity (Wildman–Crippen MR) is 111 cm³/mol. The maximum absolute atomic E-state index is 12.8. The number of aromatic nitrogens is 2. The molecule has 7 nitrogen and oxygen atoms in total. The van der Waals surface area contributed by atoms with Crippen LogP contribution >= 0.6 is 0 Å². The molecule has 0 N–H and O–H groups in total. The van der Waals surface area contributed by atoms with Crippen molar-refractivity contribution in [2.75, 3.05) is 45.8 Å². The van der Waals surface area contributed by atoms with Crippen LogP contribution < -0.4 is 0 Å². The number of carbonyl (C=O) groups excluding carboxylic acids is 2. The van der Waals surface area contributed by atoms with Crippen LogP contribution in [0.1, 0.15) is 36.0 Å². The van der Waals surface area contributed by atoms with Gasteiger partial charge in [-0.05, 0) is 37.1 Å². The first-order chi connectivity index (χ1) is 14.2. The van der Waals surface area contributed by atoms with Crippen molar-refractivity contribution in [2.24, 2.45) is 0 Å². The summed E-state index contributed by atoms with van der Waals surface area (Å²) in [5.74, 6) is 0.294. The van der Waals surface area contributed by atoms with Crippen molar-refractivity contribution in [3.05, 3.63) is 48.5 Å². The van der Waals surface area contributed by atoms with E-state index in [9.17, 15) is 9.59 Å². The standard InChI is InChI=1S/C22H29N5O2/c28-21(25-10-3-1-2-4-11-25)17-24-13-15-26(16-14-24)22(29)19-5-7-20(8-6-19)27-12-9-23-18-27/h5-9,12,18H,1-4,10-11,13-17H2. The summed E-state index contributed by atoms with van der Waals surface area (Å²) in [6.07, 6.45) is 10.0. The molecule has 2 aliphatic rings. The lowest BCUT2D eigenvalue weighted by Crippen LogP contribution is -2.51. The highest BCUT2D eigenvalue weighted by atomic mass is 16.2. The second kappa shape index (κ2) is 9.22. The number of benzene rings is 1. The molecule has 1 aromatic heterocycles. The molecule has 0 unspecified atom stereocenters. The molecule has 2 saturated heterocycles. The van der Waals surface area contributed by atoms with Crippen LogP contribution in [0.2, 0.25) is 0 Å². The summed E-state index contributed by atoms with van der Waals surface area (Å²) in [5, 5.41) is 0. The lowest BCUT2D eigenvalue weighted by Gasteiger charge is -2.35. The zero-order valence-corrected chi connectivity index (χ0v) is 16.9. The minimum Gasteiger partial charge on any atom is -0.342 e. The van der Waals surface area contributed by atoms with E-state index in [1.165, 1.54) is 12.8 Å². The zero-order chi connectivity index (χ0) is 20.1. The Morgan fingerprint density at radius 2 is 1.52 bits per heavy atom. The van der Waals surface area contributed by atoms with E-state index in [2.05, 4.69) is 9.88 Å². The van der Waals surface area contributed by atoms with Gasteiger partial charge in [0, 0.05) is 62.9 Å². The first kappa shape index (κ1) is 19.6. The Morgan fingerprint density at radius 3 is 2.14 bits per heavy atom. The number of nitrogens with zero attached hydrogens (tertiary/aromatic N) is 5. The monoisotopic (exact) mass is 395 g/mol. The molecule has 7 heteroatoms. The summed E-state index contributed by atoms with van der Waals surface area (Å²) in [6.45, 7) is 5.09. The molecule has 0 atom stereocenters. The van der Waals surface area contributed by atoms with Crippen molar-refractivity contribution < 1.29 is 9.59 Å². The maximum atomic E-state index is 12.8. The van der Waals surface area contributed by atoms with E-state index < -0.39 is 0 Å². The molecular weight excluding hydrogens is 366 g/mol. The van der Waals surface area contributed by atoms with Gasteiger partial charge < -0.3 is 14.4 Å². The molecule has 0 bridgehead atoms. The Hall–Kier alpha value is -2.67. The van der Waals surface area contributed by atoms with E-state index in [0.717, 1.165) is 44.7 Å². The van der Waals surface area contributed by atoms with Gasteiger partial charge in [-0.15, -0.1) is 0 Å². The summed E-state index contributed by atoms with van der Waals surface area (Å²) in [4.78, 5) is 35.5. The third-order valence-corrected chi connectivity index (χ3v) is 5.89. The third kappa shape index (κ3) is 4.85. The van der Waals surface area contributed by atoms with Crippen LogP contribution in [0.15, 0.2) is 43.0 Å². The molecule has 0 aliphatic carbocycles. The van der Waals surface area contributed by atoms with E-state index in [4.69, 9.17) is 0 Å². The van der Waals surface area contributed by atoms with Crippen molar-refractivity contribution in [3.63, 3.8) is 0 Å². The fourth-order valence-corrected chi connectivity index (χ4v) is 4.09. The largest absolute Gasteiger partial charge is 0.342 e. The van der Waals surface area contributed by atoms with E-state index >= 15 is 0 Å². The molecule has 2 fully saturated rings. The highest BCUT2D eigenvalue weighted by Gasteiger charge is 2.25. The number of hydrogen-bond donors (Lipinski definition) is 0. The smallest absolute Gasteiger partial charge is 0.253 e. The molecule has 2 aromatic rings. The first-order valence-corrected chi connectivity index (χ1v) is 10.6. The number of rotatable bonds is 4. The van der Waals surface area contributed by atoms with Gasteiger partial charge in [-0.1, -0.05) is 12.8 Å². The quantitative estimate of drug-likeness (QED) is 0.795. The second-order valence-corrected chi connectivity index (χ2v) is 7.88. The lowest BCUT2D eigenvalue weighted by molar-refractivity contribution is -0.132. The maximum Gasteiger partial charge on any atom is 0.253 e. The predicted octanol–water partition coefficient (Wildman–Crippen LogP) is 2.03. The van der Waals surface area contributed by atoms with Crippen molar-refractivity contribution in [1.82, 2.24) is 24.3 Å². The van der Waals surface area contributed by atoms with Crippen molar-refractivity contribution in [1.29, 1.82) is 0 Å². The number of hydrogen-bond acceptors (Lipinski definition) is 4. The van der Waals surface area contributed by atoms with Crippen LogP contribution in [-0.2, 0) is 4.79 Å². The molecule has 29 heavy (non-hydrogen) atoms. The van der Waals surface area contributed by atoms with Crippen molar-refractivity contribution in [2.45, 2.75) is 25.7 Å². The average Bonchev–Trinajstić information content (AvgIpc) is 3.16. The van der Waals surface area contributed by atoms with Crippen LogP contribution in [0, 0.1) is 0 Å². The number of piperazine rings is 1. The van der Waals surface area contributed by atoms with E-state index in [1.807, 2.05) is 44.8 Å². The Balaban J connectivity index is 1.27. The molecule has 0 saturated carbocycles. The van der Waals surface area contributed by atoms with Gasteiger partial charge in [0.05, 0.1) is 12.9 Å². The summed E-state index contributed by atoms with van der Waals surface area (Å²) in [5.41, 5.74) is 1.68. The topological polar surface area (TPSA) is 61.7 Å². The third-order valence-electron chi connectivity index (χ3n) is 5.89. The fourth-order valence-electron chi connectivity index (χ4n) is 4.09. The molecule has 1 aromatic carbocycles. The van der Waals surface area contributed by atoms with Gasteiger partial charge in [0.25, 0.3) is 5.91 Å². The van der Waals surface area contributed by atoms with Gasteiger partial charge >= 0.3 is 0 Å². The van der Waals surface area contributed by atoms with Gasteiger partial charge in [-0.25, -0.2) is 4.98 Å². The summed E-state index contributed by atoms with van der Waals surface area (Å²) >= 11 is 0. The molecular formula is C22H29N5O2. The highest BCUT2D eigenvalue weighted by molar-refractivity contribution is 5.94. The first-order valence-electron chi connectivity index (χ1n) is 10.6. The Kier molecular flexibility index (Phi) is 6.24. The Labute approximate surface area is 171 Å². The minimum absolute atomic E-state index is 0.0562. The molecule has 2 amide bonds. The minimum atomic E-state index is 0.0562. The van der Waals surface area contributed by atoms with Gasteiger partial charge in [-0.3, -0.25) is 14.5 Å². The highest BCUT2D eigenvalue weighted by Crippen LogP contribution is 2.14. The van der Waals surface area contributed by atoms with Gasteiger partial charge in [0.15, 0.2) is 0 Å². The zero-order valence-electron chi connectivity index (χ0n) is 16.9. The van der Waals surface area contributed by atoms with E-state index in [0.29, 0.717) is 25.2 Å². The second-order valence-electron chi connectivity index (χ2n) is 7.88. The van der Waals surface area contributed by atoms with Gasteiger partial charge in [0.1, 0.15) is 0 Å². The molecule has 0 radical (unpaired) electrons. The van der Waals surface area contributed by atoms with Crippen LogP contribution in [0.25, 0.3) is 5.69 Å². The Morgan fingerprint density at radius 1 is 0.828 bits per heavy atom. The molecule has 0 spiro atoms. The van der Waals surface area contributed by atoms with E-state index in [-0.39, 0.29) is 11.8 Å². The molecule has 4 rings (SSSR count). The molecule has 3 heterocycles. The number of imidazole rings is 1. The van der Waals surface area contributed by atoms with Crippen LogP contribution in [-0.4, -0.2) is 81.9 Å². The number of amides is 2. The lowest BCUT2D eigenvalue weighted by atomic mass is 10.1. The Bertz CT molecular complexity index is 802. The van der Waals surface area contributed by atoms with Gasteiger partial charge in [0.2, 0.25) is 5.91 Å². The summed E-state index contributed by atoms with van der Waals surface area (Å²) in [6, 6.07) is 7.61. The SMILES string of the molecule is O=C(CN1CCN(C(=O)c2ccc(-n3ccnc3)cc2)CC1)N1CCCCCC1. The molecule has 2 aliphatic heterocycles. The summed E-state index contributed by atoms with van der Waals surface area (Å²) in [7, 11) is 0. The molecule has 154 valence electrons. The average molecular weight is 396 g/mol. The van der Waals surface area contributed by atoms with Crippen LogP contribution in [0.3, 0.4) is 0 Å². The van der Waals surface area contributed by atoms with E-state index in [1.54, 1.807) is 12.5 Å². The van der Waals surface area contributed by atoms with Crippen LogP contribution in [0.5, 0.6) is 0 Å². The number of likely N-dealkylation sites (tertiary alicyclic amines) is 1.